The number of carbonyl (C=O) groups is 2. The Labute approximate surface area is 177 Å². The normalized spacial score (nSPS) is 12.3. The van der Waals surface area contributed by atoms with Crippen molar-refractivity contribution in [3.05, 3.63) is 47.4 Å². The molecule has 0 bridgehead atoms. The first kappa shape index (κ1) is 21.7. The Bertz CT molecular complexity index is 889. The molecule has 1 aromatic carbocycles. The molecule has 0 atom stereocenters. The Hall–Kier alpha value is -2.96. The maximum atomic E-state index is 13.2. The topological polar surface area (TPSA) is 72.2 Å². The van der Waals surface area contributed by atoms with Gasteiger partial charge in [0.05, 0.1) is 13.1 Å². The zero-order chi connectivity index (χ0) is 21.7. The molecule has 3 rings (SSSR count). The first-order valence-electron chi connectivity index (χ1n) is 10.3. The van der Waals surface area contributed by atoms with Crippen LogP contribution in [0.2, 0.25) is 0 Å². The number of amides is 2. The lowest BCUT2D eigenvalue weighted by Crippen LogP contribution is -2.43. The van der Waals surface area contributed by atoms with Gasteiger partial charge < -0.3 is 23.7 Å². The zero-order valence-corrected chi connectivity index (χ0v) is 18.1. The molecule has 7 heteroatoms. The third kappa shape index (κ3) is 5.55. The minimum absolute atomic E-state index is 0.0195. The Balaban J connectivity index is 1.78. The Morgan fingerprint density at radius 1 is 1.00 bits per heavy atom. The minimum atomic E-state index is -0.121. The van der Waals surface area contributed by atoms with Crippen LogP contribution >= 0.6 is 0 Å². The third-order valence-corrected chi connectivity index (χ3v) is 4.87. The molecule has 1 aliphatic rings. The predicted molar refractivity (Wildman–Crippen MR) is 112 cm³/mol. The van der Waals surface area contributed by atoms with Crippen molar-refractivity contribution in [2.24, 2.45) is 5.92 Å². The number of nitrogens with zero attached hydrogens (tertiary/aromatic N) is 2. The molecule has 1 aromatic heterocycles. The van der Waals surface area contributed by atoms with Crippen LogP contribution in [0.4, 0.5) is 0 Å². The highest BCUT2D eigenvalue weighted by molar-refractivity contribution is 5.84. The van der Waals surface area contributed by atoms with Crippen molar-refractivity contribution in [2.75, 3.05) is 19.9 Å². The molecule has 2 heterocycles. The summed E-state index contributed by atoms with van der Waals surface area (Å²) in [5, 5.41) is 0. The standard InChI is InChI=1S/C23H30N2O5/c1-5-22(26)24(11-16(2)3)14-23(27)25(13-19-8-6-17(4)30-19)12-18-7-9-20-21(10-18)29-15-28-20/h6-10,16H,5,11-15H2,1-4H3. The van der Waals surface area contributed by atoms with E-state index in [0.717, 1.165) is 11.3 Å². The number of benzene rings is 1. The number of hydrogen-bond donors (Lipinski definition) is 0. The van der Waals surface area contributed by atoms with Crippen LogP contribution in [-0.4, -0.2) is 41.5 Å². The highest BCUT2D eigenvalue weighted by Gasteiger charge is 2.23. The van der Waals surface area contributed by atoms with Crippen molar-refractivity contribution < 1.29 is 23.5 Å². The van der Waals surface area contributed by atoms with E-state index in [0.29, 0.717) is 43.3 Å². The second kappa shape index (κ2) is 9.69. The molecular weight excluding hydrogens is 384 g/mol. The Morgan fingerprint density at radius 2 is 1.77 bits per heavy atom. The quantitative estimate of drug-likeness (QED) is 0.625. The molecule has 162 valence electrons. The Kier molecular flexibility index (Phi) is 7.03. The van der Waals surface area contributed by atoms with E-state index in [2.05, 4.69) is 0 Å². The molecule has 0 aliphatic carbocycles. The van der Waals surface area contributed by atoms with Gasteiger partial charge in [0.15, 0.2) is 11.5 Å². The number of hydrogen-bond acceptors (Lipinski definition) is 5. The molecule has 0 unspecified atom stereocenters. The van der Waals surface area contributed by atoms with Crippen LogP contribution in [0, 0.1) is 12.8 Å². The van der Waals surface area contributed by atoms with E-state index in [4.69, 9.17) is 13.9 Å². The first-order valence-corrected chi connectivity index (χ1v) is 10.3. The van der Waals surface area contributed by atoms with Gasteiger partial charge in [-0.3, -0.25) is 9.59 Å². The summed E-state index contributed by atoms with van der Waals surface area (Å²) >= 11 is 0. The van der Waals surface area contributed by atoms with Gasteiger partial charge in [-0.1, -0.05) is 26.8 Å². The van der Waals surface area contributed by atoms with Gasteiger partial charge in [0, 0.05) is 19.5 Å². The highest BCUT2D eigenvalue weighted by Crippen LogP contribution is 2.33. The molecule has 2 amide bonds. The largest absolute Gasteiger partial charge is 0.464 e. The number of fused-ring (bicyclic) bond motifs is 1. The molecule has 7 nitrogen and oxygen atoms in total. The van der Waals surface area contributed by atoms with Gasteiger partial charge in [0.25, 0.3) is 0 Å². The molecular formula is C23H30N2O5. The lowest BCUT2D eigenvalue weighted by Gasteiger charge is -2.28. The summed E-state index contributed by atoms with van der Waals surface area (Å²) < 4.78 is 16.5. The summed E-state index contributed by atoms with van der Waals surface area (Å²) in [6.45, 7) is 9.28. The monoisotopic (exact) mass is 414 g/mol. The molecule has 2 aromatic rings. The summed E-state index contributed by atoms with van der Waals surface area (Å²) in [5.74, 6) is 3.02. The summed E-state index contributed by atoms with van der Waals surface area (Å²) in [6.07, 6.45) is 0.375. The highest BCUT2D eigenvalue weighted by atomic mass is 16.7. The van der Waals surface area contributed by atoms with E-state index in [1.807, 2.05) is 58.0 Å². The van der Waals surface area contributed by atoms with Gasteiger partial charge in [-0.25, -0.2) is 0 Å². The van der Waals surface area contributed by atoms with Crippen molar-refractivity contribution in [1.29, 1.82) is 0 Å². The number of carbonyl (C=O) groups excluding carboxylic acids is 2. The van der Waals surface area contributed by atoms with E-state index in [9.17, 15) is 9.59 Å². The first-order chi connectivity index (χ1) is 14.4. The van der Waals surface area contributed by atoms with Crippen molar-refractivity contribution in [3.63, 3.8) is 0 Å². The number of furan rings is 1. The van der Waals surface area contributed by atoms with Gasteiger partial charge in [-0.2, -0.15) is 0 Å². The van der Waals surface area contributed by atoms with Gasteiger partial charge in [-0.15, -0.1) is 0 Å². The number of aryl methyl sites for hydroxylation is 1. The minimum Gasteiger partial charge on any atom is -0.464 e. The van der Waals surface area contributed by atoms with E-state index in [1.54, 1.807) is 9.80 Å². The fourth-order valence-corrected chi connectivity index (χ4v) is 3.43. The second-order valence-electron chi connectivity index (χ2n) is 7.97. The fourth-order valence-electron chi connectivity index (χ4n) is 3.43. The van der Waals surface area contributed by atoms with Crippen molar-refractivity contribution in [2.45, 2.75) is 47.2 Å². The van der Waals surface area contributed by atoms with E-state index < -0.39 is 0 Å². The van der Waals surface area contributed by atoms with Crippen LogP contribution in [0.15, 0.2) is 34.7 Å². The predicted octanol–water partition coefficient (Wildman–Crippen LogP) is 3.74. The molecule has 0 fully saturated rings. The van der Waals surface area contributed by atoms with Crippen molar-refractivity contribution in [1.82, 2.24) is 9.80 Å². The number of ether oxygens (including phenoxy) is 2. The lowest BCUT2D eigenvalue weighted by atomic mass is 10.1. The molecule has 1 aliphatic heterocycles. The zero-order valence-electron chi connectivity index (χ0n) is 18.1. The van der Waals surface area contributed by atoms with Crippen LogP contribution < -0.4 is 9.47 Å². The van der Waals surface area contributed by atoms with E-state index in [-0.39, 0.29) is 31.1 Å². The van der Waals surface area contributed by atoms with Gasteiger partial charge in [0.2, 0.25) is 18.6 Å². The average Bonchev–Trinajstić information content (AvgIpc) is 3.34. The molecule has 0 spiro atoms. The average molecular weight is 415 g/mol. The second-order valence-corrected chi connectivity index (χ2v) is 7.97. The summed E-state index contributed by atoms with van der Waals surface area (Å²) in [5.41, 5.74) is 0.924. The van der Waals surface area contributed by atoms with Crippen molar-refractivity contribution >= 4 is 11.8 Å². The van der Waals surface area contributed by atoms with Crippen molar-refractivity contribution in [3.8, 4) is 11.5 Å². The lowest BCUT2D eigenvalue weighted by molar-refractivity contribution is -0.141. The van der Waals surface area contributed by atoms with Crippen LogP contribution in [0.25, 0.3) is 0 Å². The third-order valence-electron chi connectivity index (χ3n) is 4.87. The van der Waals surface area contributed by atoms with Crippen LogP contribution in [0.3, 0.4) is 0 Å². The summed E-state index contributed by atoms with van der Waals surface area (Å²) in [7, 11) is 0. The smallest absolute Gasteiger partial charge is 0.242 e. The summed E-state index contributed by atoms with van der Waals surface area (Å²) in [6, 6.07) is 9.41. The van der Waals surface area contributed by atoms with E-state index >= 15 is 0 Å². The molecule has 0 saturated carbocycles. The van der Waals surface area contributed by atoms with Gasteiger partial charge >= 0.3 is 0 Å². The summed E-state index contributed by atoms with van der Waals surface area (Å²) in [4.78, 5) is 29.0. The molecule has 0 radical (unpaired) electrons. The van der Waals surface area contributed by atoms with Crippen LogP contribution in [-0.2, 0) is 22.7 Å². The molecule has 30 heavy (non-hydrogen) atoms. The molecule has 0 N–H and O–H groups in total. The number of rotatable bonds is 9. The van der Waals surface area contributed by atoms with Crippen LogP contribution in [0.5, 0.6) is 11.5 Å². The SMILES string of the molecule is CCC(=O)N(CC(=O)N(Cc1ccc2c(c1)OCO2)Cc1ccc(C)o1)CC(C)C. The molecule has 0 saturated heterocycles. The van der Waals surface area contributed by atoms with Gasteiger partial charge in [-0.05, 0) is 42.7 Å². The Morgan fingerprint density at radius 3 is 2.43 bits per heavy atom. The van der Waals surface area contributed by atoms with E-state index in [1.165, 1.54) is 0 Å². The van der Waals surface area contributed by atoms with Crippen LogP contribution in [0.1, 0.15) is 44.3 Å². The maximum Gasteiger partial charge on any atom is 0.242 e. The van der Waals surface area contributed by atoms with Gasteiger partial charge in [0.1, 0.15) is 11.5 Å². The maximum absolute atomic E-state index is 13.2. The fraction of sp³-hybridized carbons (Fsp3) is 0.478.